The molecule has 0 N–H and O–H groups in total. The molecule has 1 heterocycles. The summed E-state index contributed by atoms with van der Waals surface area (Å²) in [5, 5.41) is 0. The van der Waals surface area contributed by atoms with Crippen LogP contribution in [0.1, 0.15) is 36.5 Å². The summed E-state index contributed by atoms with van der Waals surface area (Å²) in [6.07, 6.45) is -1.74. The SMILES string of the molecule is CCN(CCN1CCCC1)Cc1cc(C(F)(F)F)ccc1C. The van der Waals surface area contributed by atoms with E-state index in [1.54, 1.807) is 6.07 Å². The molecule has 0 spiro atoms. The monoisotopic (exact) mass is 314 g/mol. The predicted molar refractivity (Wildman–Crippen MR) is 82.8 cm³/mol. The van der Waals surface area contributed by atoms with Crippen molar-refractivity contribution in [2.45, 2.75) is 39.4 Å². The Hall–Kier alpha value is -1.07. The molecule has 0 unspecified atom stereocenters. The topological polar surface area (TPSA) is 6.48 Å². The lowest BCUT2D eigenvalue weighted by Gasteiger charge is -2.25. The maximum Gasteiger partial charge on any atom is 0.416 e. The van der Waals surface area contributed by atoms with Crippen molar-refractivity contribution >= 4 is 0 Å². The molecule has 5 heteroatoms. The Kier molecular flexibility index (Phi) is 5.87. The fourth-order valence-corrected chi connectivity index (χ4v) is 2.90. The molecule has 1 aromatic carbocycles. The van der Waals surface area contributed by atoms with Crippen LogP contribution in [0.2, 0.25) is 0 Å². The highest BCUT2D eigenvalue weighted by molar-refractivity contribution is 5.32. The number of aryl methyl sites for hydroxylation is 1. The molecule has 1 aliphatic rings. The maximum atomic E-state index is 12.9. The number of benzene rings is 1. The summed E-state index contributed by atoms with van der Waals surface area (Å²) >= 11 is 0. The molecule has 1 fully saturated rings. The quantitative estimate of drug-likeness (QED) is 0.785. The summed E-state index contributed by atoms with van der Waals surface area (Å²) in [5.74, 6) is 0. The van der Waals surface area contributed by atoms with E-state index in [1.165, 1.54) is 25.0 Å². The number of alkyl halides is 3. The van der Waals surface area contributed by atoms with Crippen molar-refractivity contribution in [2.24, 2.45) is 0 Å². The standard InChI is InChI=1S/C17H25F3N2/c1-3-21(10-11-22-8-4-5-9-22)13-15-12-16(17(18,19)20)7-6-14(15)2/h6-7,12H,3-5,8-11,13H2,1-2H3. The number of halogens is 3. The van der Waals surface area contributed by atoms with E-state index in [-0.39, 0.29) is 0 Å². The second-order valence-electron chi connectivity index (χ2n) is 6.06. The third-order valence-corrected chi connectivity index (χ3v) is 4.45. The molecule has 2 rings (SSSR count). The number of likely N-dealkylation sites (N-methyl/N-ethyl adjacent to an activating group) is 1. The van der Waals surface area contributed by atoms with Crippen LogP contribution in [0.3, 0.4) is 0 Å². The Morgan fingerprint density at radius 2 is 1.86 bits per heavy atom. The summed E-state index contributed by atoms with van der Waals surface area (Å²) in [5.41, 5.74) is 1.15. The van der Waals surface area contributed by atoms with Crippen LogP contribution in [0, 0.1) is 6.92 Å². The van der Waals surface area contributed by atoms with E-state index in [4.69, 9.17) is 0 Å². The van der Waals surface area contributed by atoms with Crippen LogP contribution >= 0.6 is 0 Å². The minimum atomic E-state index is -4.27. The summed E-state index contributed by atoms with van der Waals surface area (Å²) in [6.45, 7) is 9.60. The first-order valence-electron chi connectivity index (χ1n) is 8.01. The minimum absolute atomic E-state index is 0.552. The first-order valence-corrected chi connectivity index (χ1v) is 8.01. The minimum Gasteiger partial charge on any atom is -0.302 e. The molecular weight excluding hydrogens is 289 g/mol. The second-order valence-corrected chi connectivity index (χ2v) is 6.06. The molecule has 0 aliphatic carbocycles. The Morgan fingerprint density at radius 1 is 1.18 bits per heavy atom. The number of likely N-dealkylation sites (tertiary alicyclic amines) is 1. The van der Waals surface area contributed by atoms with Crippen molar-refractivity contribution in [1.82, 2.24) is 9.80 Å². The summed E-state index contributed by atoms with van der Waals surface area (Å²) in [6, 6.07) is 4.04. The van der Waals surface area contributed by atoms with E-state index in [9.17, 15) is 13.2 Å². The van der Waals surface area contributed by atoms with E-state index < -0.39 is 11.7 Å². The highest BCUT2D eigenvalue weighted by Gasteiger charge is 2.30. The van der Waals surface area contributed by atoms with Crippen molar-refractivity contribution < 1.29 is 13.2 Å². The van der Waals surface area contributed by atoms with E-state index in [0.717, 1.165) is 43.9 Å². The van der Waals surface area contributed by atoms with Gasteiger partial charge >= 0.3 is 6.18 Å². The molecular formula is C17H25F3N2. The second kappa shape index (κ2) is 7.47. The van der Waals surface area contributed by atoms with Crippen LogP contribution in [0.15, 0.2) is 18.2 Å². The zero-order valence-corrected chi connectivity index (χ0v) is 13.4. The van der Waals surface area contributed by atoms with Crippen molar-refractivity contribution in [3.63, 3.8) is 0 Å². The van der Waals surface area contributed by atoms with Crippen LogP contribution < -0.4 is 0 Å². The van der Waals surface area contributed by atoms with Gasteiger partial charge in [-0.15, -0.1) is 0 Å². The van der Waals surface area contributed by atoms with E-state index in [1.807, 2.05) is 6.92 Å². The van der Waals surface area contributed by atoms with Crippen molar-refractivity contribution in [3.05, 3.63) is 34.9 Å². The highest BCUT2D eigenvalue weighted by Crippen LogP contribution is 2.30. The Labute approximate surface area is 130 Å². The molecule has 1 aliphatic heterocycles. The van der Waals surface area contributed by atoms with Gasteiger partial charge in [0, 0.05) is 19.6 Å². The lowest BCUT2D eigenvalue weighted by atomic mass is 10.0. The highest BCUT2D eigenvalue weighted by atomic mass is 19.4. The van der Waals surface area contributed by atoms with Crippen LogP contribution in [0.4, 0.5) is 13.2 Å². The molecule has 1 aromatic rings. The zero-order valence-electron chi connectivity index (χ0n) is 13.4. The summed E-state index contributed by atoms with van der Waals surface area (Å²) < 4.78 is 38.6. The predicted octanol–water partition coefficient (Wildman–Crippen LogP) is 3.93. The molecule has 0 radical (unpaired) electrons. The Morgan fingerprint density at radius 3 is 2.45 bits per heavy atom. The normalized spacial score (nSPS) is 16.6. The molecule has 0 bridgehead atoms. The van der Waals surface area contributed by atoms with Gasteiger partial charge in [-0.2, -0.15) is 13.2 Å². The van der Waals surface area contributed by atoms with Gasteiger partial charge in [-0.3, -0.25) is 4.90 Å². The van der Waals surface area contributed by atoms with Gasteiger partial charge in [-0.25, -0.2) is 0 Å². The van der Waals surface area contributed by atoms with Gasteiger partial charge in [0.1, 0.15) is 0 Å². The molecule has 2 nitrogen and oxygen atoms in total. The molecule has 124 valence electrons. The number of hydrogen-bond donors (Lipinski definition) is 0. The molecule has 1 saturated heterocycles. The average Bonchev–Trinajstić information content (AvgIpc) is 2.97. The lowest BCUT2D eigenvalue weighted by molar-refractivity contribution is -0.137. The van der Waals surface area contributed by atoms with Crippen molar-refractivity contribution in [2.75, 3.05) is 32.7 Å². The Balaban J connectivity index is 2.00. The number of nitrogens with zero attached hydrogens (tertiary/aromatic N) is 2. The van der Waals surface area contributed by atoms with E-state index in [2.05, 4.69) is 16.7 Å². The fourth-order valence-electron chi connectivity index (χ4n) is 2.90. The smallest absolute Gasteiger partial charge is 0.302 e. The van der Waals surface area contributed by atoms with Gasteiger partial charge in [0.05, 0.1) is 5.56 Å². The molecule has 0 aromatic heterocycles. The fraction of sp³-hybridized carbons (Fsp3) is 0.647. The number of rotatable bonds is 6. The largest absolute Gasteiger partial charge is 0.416 e. The third kappa shape index (κ3) is 4.71. The number of hydrogen-bond acceptors (Lipinski definition) is 2. The van der Waals surface area contributed by atoms with Crippen LogP contribution in [-0.2, 0) is 12.7 Å². The maximum absolute atomic E-state index is 12.9. The molecule has 0 atom stereocenters. The van der Waals surface area contributed by atoms with Crippen molar-refractivity contribution in [1.29, 1.82) is 0 Å². The van der Waals surface area contributed by atoms with Crippen LogP contribution in [0.5, 0.6) is 0 Å². The molecule has 0 saturated carbocycles. The third-order valence-electron chi connectivity index (χ3n) is 4.45. The van der Waals surface area contributed by atoms with Gasteiger partial charge < -0.3 is 4.90 Å². The van der Waals surface area contributed by atoms with Crippen LogP contribution in [0.25, 0.3) is 0 Å². The van der Waals surface area contributed by atoms with Gasteiger partial charge in [0.15, 0.2) is 0 Å². The first-order chi connectivity index (χ1) is 10.4. The summed E-state index contributed by atoms with van der Waals surface area (Å²) in [4.78, 5) is 4.66. The Bertz CT molecular complexity index is 479. The van der Waals surface area contributed by atoms with Gasteiger partial charge in [-0.1, -0.05) is 13.0 Å². The molecule has 0 amide bonds. The van der Waals surface area contributed by atoms with Gasteiger partial charge in [0.25, 0.3) is 0 Å². The summed E-state index contributed by atoms with van der Waals surface area (Å²) in [7, 11) is 0. The average molecular weight is 314 g/mol. The zero-order chi connectivity index (χ0) is 16.2. The lowest BCUT2D eigenvalue weighted by Crippen LogP contribution is -2.33. The first kappa shape index (κ1) is 17.3. The van der Waals surface area contributed by atoms with Crippen LogP contribution in [-0.4, -0.2) is 42.5 Å². The molecule has 22 heavy (non-hydrogen) atoms. The van der Waals surface area contributed by atoms with Gasteiger partial charge in [0.2, 0.25) is 0 Å². The van der Waals surface area contributed by atoms with Crippen molar-refractivity contribution in [3.8, 4) is 0 Å². The van der Waals surface area contributed by atoms with E-state index in [0.29, 0.717) is 6.54 Å². The van der Waals surface area contributed by atoms with E-state index >= 15 is 0 Å². The van der Waals surface area contributed by atoms with Gasteiger partial charge in [-0.05, 0) is 62.7 Å².